The van der Waals surface area contributed by atoms with Crippen molar-refractivity contribution >= 4 is 10.2 Å². The van der Waals surface area contributed by atoms with Crippen LogP contribution in [0, 0.1) is 5.92 Å². The summed E-state index contributed by atoms with van der Waals surface area (Å²) in [4.78, 5) is 0. The van der Waals surface area contributed by atoms with Gasteiger partial charge in [-0.05, 0) is 38.8 Å². The molecule has 1 rings (SSSR count). The first-order chi connectivity index (χ1) is 8.05. The topological polar surface area (TPSA) is 79.5 Å². The molecule has 0 radical (unpaired) electrons. The van der Waals surface area contributed by atoms with Crippen LogP contribution in [0.3, 0.4) is 0 Å². The Balaban J connectivity index is 2.34. The Morgan fingerprint density at radius 1 is 1.53 bits per heavy atom. The first kappa shape index (κ1) is 14.8. The molecule has 6 nitrogen and oxygen atoms in total. The van der Waals surface area contributed by atoms with Gasteiger partial charge in [0.2, 0.25) is 0 Å². The zero-order valence-corrected chi connectivity index (χ0v) is 11.3. The smallest absolute Gasteiger partial charge is 0.277 e. The van der Waals surface area contributed by atoms with Gasteiger partial charge in [0.1, 0.15) is 0 Å². The molecule has 1 heterocycles. The predicted molar refractivity (Wildman–Crippen MR) is 67.0 cm³/mol. The molecule has 2 atom stereocenters. The maximum absolute atomic E-state index is 11.7. The summed E-state index contributed by atoms with van der Waals surface area (Å²) in [5, 5.41) is 3.28. The van der Waals surface area contributed by atoms with Gasteiger partial charge in [0, 0.05) is 19.7 Å². The third kappa shape index (κ3) is 5.78. The minimum atomic E-state index is -3.41. The van der Waals surface area contributed by atoms with Crippen molar-refractivity contribution in [2.45, 2.75) is 25.8 Å². The highest BCUT2D eigenvalue weighted by atomic mass is 32.2. The van der Waals surface area contributed by atoms with E-state index in [1.54, 1.807) is 0 Å². The third-order valence-corrected chi connectivity index (χ3v) is 4.25. The van der Waals surface area contributed by atoms with Crippen molar-refractivity contribution in [1.82, 2.24) is 14.8 Å². The summed E-state index contributed by atoms with van der Waals surface area (Å²) in [6, 6.07) is -0.0529. The zero-order chi connectivity index (χ0) is 12.7. The number of hydrogen-bond acceptors (Lipinski definition) is 4. The standard InChI is InChI=1S/C10H23N3O3S/c1-9(10-4-3-5-11-8-10)13-17(14,15)12-6-7-16-2/h9-13H,3-8H2,1-2H3. The van der Waals surface area contributed by atoms with Gasteiger partial charge in [0.15, 0.2) is 0 Å². The van der Waals surface area contributed by atoms with Gasteiger partial charge in [-0.1, -0.05) is 0 Å². The molecule has 17 heavy (non-hydrogen) atoms. The molecular formula is C10H23N3O3S. The lowest BCUT2D eigenvalue weighted by Gasteiger charge is -2.28. The number of hydrogen-bond donors (Lipinski definition) is 3. The maximum atomic E-state index is 11.7. The Morgan fingerprint density at radius 2 is 2.29 bits per heavy atom. The monoisotopic (exact) mass is 265 g/mol. The van der Waals surface area contributed by atoms with Crippen molar-refractivity contribution in [3.8, 4) is 0 Å². The molecule has 2 unspecified atom stereocenters. The molecule has 0 aromatic carbocycles. The van der Waals surface area contributed by atoms with Crippen molar-refractivity contribution < 1.29 is 13.2 Å². The Bertz CT molecular complexity index is 302. The number of ether oxygens (including phenoxy) is 1. The average Bonchev–Trinajstić information content (AvgIpc) is 2.30. The molecule has 0 bridgehead atoms. The van der Waals surface area contributed by atoms with Gasteiger partial charge in [-0.15, -0.1) is 0 Å². The second-order valence-corrected chi connectivity index (χ2v) is 5.93. The summed E-state index contributed by atoms with van der Waals surface area (Å²) in [6.45, 7) is 4.48. The number of methoxy groups -OCH3 is 1. The van der Waals surface area contributed by atoms with Crippen LogP contribution in [0.25, 0.3) is 0 Å². The molecule has 0 aromatic rings. The minimum absolute atomic E-state index is 0.0529. The van der Waals surface area contributed by atoms with E-state index in [1.807, 2.05) is 6.92 Å². The van der Waals surface area contributed by atoms with Gasteiger partial charge in [0.05, 0.1) is 6.61 Å². The lowest BCUT2D eigenvalue weighted by molar-refractivity contribution is 0.204. The van der Waals surface area contributed by atoms with Crippen LogP contribution in [0.15, 0.2) is 0 Å². The molecule has 7 heteroatoms. The minimum Gasteiger partial charge on any atom is -0.383 e. The summed E-state index contributed by atoms with van der Waals surface area (Å²) in [5.74, 6) is 0.364. The van der Waals surface area contributed by atoms with Crippen LogP contribution >= 0.6 is 0 Å². The Hall–Kier alpha value is -0.210. The SMILES string of the molecule is COCCNS(=O)(=O)NC(C)C1CCCNC1. The van der Waals surface area contributed by atoms with Gasteiger partial charge in [-0.2, -0.15) is 17.9 Å². The van der Waals surface area contributed by atoms with Crippen LogP contribution in [-0.2, 0) is 14.9 Å². The Morgan fingerprint density at radius 3 is 2.88 bits per heavy atom. The van der Waals surface area contributed by atoms with E-state index in [-0.39, 0.29) is 6.04 Å². The zero-order valence-electron chi connectivity index (χ0n) is 10.5. The normalized spacial score (nSPS) is 23.5. The fourth-order valence-electron chi connectivity index (χ4n) is 1.97. The van der Waals surface area contributed by atoms with E-state index in [4.69, 9.17) is 4.74 Å². The summed E-state index contributed by atoms with van der Waals surface area (Å²) in [6.07, 6.45) is 2.17. The van der Waals surface area contributed by atoms with Crippen LogP contribution in [0.5, 0.6) is 0 Å². The van der Waals surface area contributed by atoms with E-state index in [0.29, 0.717) is 19.1 Å². The summed E-state index contributed by atoms with van der Waals surface area (Å²) in [7, 11) is -1.87. The van der Waals surface area contributed by atoms with Crippen LogP contribution in [0.4, 0.5) is 0 Å². The van der Waals surface area contributed by atoms with Gasteiger partial charge >= 0.3 is 0 Å². The lowest BCUT2D eigenvalue weighted by atomic mass is 9.94. The molecule has 1 aliphatic heterocycles. The average molecular weight is 265 g/mol. The molecule has 0 saturated carbocycles. The quantitative estimate of drug-likeness (QED) is 0.539. The first-order valence-electron chi connectivity index (χ1n) is 6.02. The van der Waals surface area contributed by atoms with E-state index >= 15 is 0 Å². The van der Waals surface area contributed by atoms with Crippen molar-refractivity contribution in [2.75, 3.05) is 33.4 Å². The molecule has 1 saturated heterocycles. The van der Waals surface area contributed by atoms with E-state index in [9.17, 15) is 8.42 Å². The second kappa shape index (κ2) is 7.27. The molecule has 1 fully saturated rings. The van der Waals surface area contributed by atoms with E-state index in [0.717, 1.165) is 25.9 Å². The second-order valence-electron chi connectivity index (χ2n) is 4.40. The van der Waals surface area contributed by atoms with E-state index in [2.05, 4.69) is 14.8 Å². The summed E-state index contributed by atoms with van der Waals surface area (Å²) in [5.41, 5.74) is 0. The van der Waals surface area contributed by atoms with Gasteiger partial charge in [-0.25, -0.2) is 0 Å². The Kier molecular flexibility index (Phi) is 6.35. The molecule has 0 aliphatic carbocycles. The van der Waals surface area contributed by atoms with Crippen LogP contribution < -0.4 is 14.8 Å². The molecule has 0 amide bonds. The predicted octanol–water partition coefficient (Wildman–Crippen LogP) is -0.555. The van der Waals surface area contributed by atoms with Gasteiger partial charge in [0.25, 0.3) is 10.2 Å². The van der Waals surface area contributed by atoms with E-state index < -0.39 is 10.2 Å². The number of nitrogens with one attached hydrogen (secondary N) is 3. The number of rotatable bonds is 7. The van der Waals surface area contributed by atoms with Gasteiger partial charge < -0.3 is 10.1 Å². The van der Waals surface area contributed by atoms with Crippen molar-refractivity contribution in [3.63, 3.8) is 0 Å². The fourth-order valence-corrected chi connectivity index (χ4v) is 3.08. The van der Waals surface area contributed by atoms with Crippen molar-refractivity contribution in [2.24, 2.45) is 5.92 Å². The highest BCUT2D eigenvalue weighted by Crippen LogP contribution is 2.14. The van der Waals surface area contributed by atoms with Crippen LogP contribution in [0.1, 0.15) is 19.8 Å². The molecule has 102 valence electrons. The van der Waals surface area contributed by atoms with Gasteiger partial charge in [-0.3, -0.25) is 0 Å². The molecule has 0 spiro atoms. The fraction of sp³-hybridized carbons (Fsp3) is 1.00. The van der Waals surface area contributed by atoms with Crippen LogP contribution in [-0.4, -0.2) is 47.8 Å². The van der Waals surface area contributed by atoms with E-state index in [1.165, 1.54) is 7.11 Å². The molecule has 0 aromatic heterocycles. The molecule has 3 N–H and O–H groups in total. The highest BCUT2D eigenvalue weighted by Gasteiger charge is 2.23. The lowest BCUT2D eigenvalue weighted by Crippen LogP contribution is -2.48. The Labute approximate surface area is 104 Å². The number of piperidine rings is 1. The highest BCUT2D eigenvalue weighted by molar-refractivity contribution is 7.87. The molecular weight excluding hydrogens is 242 g/mol. The first-order valence-corrected chi connectivity index (χ1v) is 7.50. The van der Waals surface area contributed by atoms with Crippen molar-refractivity contribution in [1.29, 1.82) is 0 Å². The largest absolute Gasteiger partial charge is 0.383 e. The third-order valence-electron chi connectivity index (χ3n) is 2.98. The maximum Gasteiger partial charge on any atom is 0.277 e. The van der Waals surface area contributed by atoms with Crippen molar-refractivity contribution in [3.05, 3.63) is 0 Å². The summed E-state index contributed by atoms with van der Waals surface area (Å²) < 4.78 is 33.2. The molecule has 1 aliphatic rings. The summed E-state index contributed by atoms with van der Waals surface area (Å²) >= 11 is 0. The van der Waals surface area contributed by atoms with Crippen LogP contribution in [0.2, 0.25) is 0 Å².